The number of non-ortho nitro benzene ring substituents is 1. The van der Waals surface area contributed by atoms with Gasteiger partial charge in [0.1, 0.15) is 11.3 Å². The number of carbonyl (C=O) groups excluding carboxylic acids is 3. The molecule has 140 valence electrons. The van der Waals surface area contributed by atoms with E-state index in [0.29, 0.717) is 0 Å². The molecule has 0 aromatic heterocycles. The van der Waals surface area contributed by atoms with Crippen molar-refractivity contribution in [3.05, 3.63) is 69.3 Å². The molecule has 0 radical (unpaired) electrons. The third-order valence-corrected chi connectivity index (χ3v) is 3.36. The molecular formula is C17H15N3O7. The van der Waals surface area contributed by atoms with Gasteiger partial charge in [-0.3, -0.25) is 30.6 Å². The summed E-state index contributed by atoms with van der Waals surface area (Å²) in [4.78, 5) is 45.3. The quantitative estimate of drug-likeness (QED) is 0.405. The number of carbonyl (C=O) groups is 3. The molecule has 0 fully saturated rings. The van der Waals surface area contributed by atoms with Gasteiger partial charge in [-0.1, -0.05) is 11.6 Å². The van der Waals surface area contributed by atoms with Gasteiger partial charge < -0.3 is 9.84 Å². The normalized spacial score (nSPS) is 9.96. The fourth-order valence-electron chi connectivity index (χ4n) is 1.99. The number of hydrogen-bond acceptors (Lipinski definition) is 7. The highest BCUT2D eigenvalue weighted by atomic mass is 16.6. The number of phenolic OH excluding ortho intramolecular Hbond substituents is 1. The van der Waals surface area contributed by atoms with Gasteiger partial charge in [-0.15, -0.1) is 0 Å². The van der Waals surface area contributed by atoms with E-state index in [1.54, 1.807) is 13.0 Å². The Morgan fingerprint density at radius 1 is 1.11 bits per heavy atom. The van der Waals surface area contributed by atoms with Crippen LogP contribution in [0.15, 0.2) is 42.5 Å². The molecule has 3 N–H and O–H groups in total. The van der Waals surface area contributed by atoms with E-state index >= 15 is 0 Å². The third kappa shape index (κ3) is 5.26. The highest BCUT2D eigenvalue weighted by Gasteiger charge is 2.15. The van der Waals surface area contributed by atoms with Crippen molar-refractivity contribution in [2.24, 2.45) is 0 Å². The molecule has 0 aliphatic heterocycles. The minimum atomic E-state index is -0.895. The van der Waals surface area contributed by atoms with Crippen molar-refractivity contribution in [2.75, 3.05) is 6.61 Å². The first-order chi connectivity index (χ1) is 12.8. The summed E-state index contributed by atoms with van der Waals surface area (Å²) in [6.45, 7) is 1.03. The molecule has 0 heterocycles. The topological polar surface area (TPSA) is 148 Å². The van der Waals surface area contributed by atoms with Crippen molar-refractivity contribution in [1.29, 1.82) is 0 Å². The van der Waals surface area contributed by atoms with Gasteiger partial charge in [0.15, 0.2) is 6.61 Å². The van der Waals surface area contributed by atoms with Crippen LogP contribution in [0.5, 0.6) is 5.75 Å². The lowest BCUT2D eigenvalue weighted by molar-refractivity contribution is -0.384. The van der Waals surface area contributed by atoms with Crippen molar-refractivity contribution in [3.63, 3.8) is 0 Å². The average Bonchev–Trinajstić information content (AvgIpc) is 2.66. The number of nitrogens with zero attached hydrogens (tertiary/aromatic N) is 1. The number of aryl methyl sites for hydroxylation is 1. The van der Waals surface area contributed by atoms with Crippen LogP contribution in [-0.2, 0) is 9.53 Å². The Bertz CT molecular complexity index is 894. The molecule has 0 saturated carbocycles. The molecule has 2 aromatic rings. The van der Waals surface area contributed by atoms with E-state index < -0.39 is 29.3 Å². The van der Waals surface area contributed by atoms with Crippen LogP contribution in [-0.4, -0.2) is 34.4 Å². The largest absolute Gasteiger partial charge is 0.507 e. The monoisotopic (exact) mass is 373 g/mol. The first kappa shape index (κ1) is 19.4. The zero-order valence-electron chi connectivity index (χ0n) is 14.1. The Kier molecular flexibility index (Phi) is 6.05. The number of hydrogen-bond donors (Lipinski definition) is 3. The van der Waals surface area contributed by atoms with Gasteiger partial charge in [0.25, 0.3) is 17.5 Å². The van der Waals surface area contributed by atoms with Gasteiger partial charge in [-0.05, 0) is 31.2 Å². The lowest BCUT2D eigenvalue weighted by atomic mass is 10.1. The smallest absolute Gasteiger partial charge is 0.342 e. The van der Waals surface area contributed by atoms with E-state index in [1.165, 1.54) is 24.3 Å². The van der Waals surface area contributed by atoms with Crippen molar-refractivity contribution in [1.82, 2.24) is 10.9 Å². The second kappa shape index (κ2) is 8.43. The summed E-state index contributed by atoms with van der Waals surface area (Å²) in [5.41, 5.74) is 4.66. The Hall–Kier alpha value is -3.95. The zero-order chi connectivity index (χ0) is 20.0. The standard InChI is InChI=1S/C17H15N3O7/c1-10-2-7-14(21)13(8-10)17(24)27-9-15(22)18-19-16(23)11-3-5-12(6-4-11)20(25)26/h2-8,21H,9H2,1H3,(H,18,22)(H,19,23). The van der Waals surface area contributed by atoms with Crippen LogP contribution in [0.1, 0.15) is 26.3 Å². The molecule has 2 rings (SSSR count). The molecule has 0 unspecified atom stereocenters. The third-order valence-electron chi connectivity index (χ3n) is 3.36. The molecule has 0 aliphatic rings. The number of ether oxygens (including phenoxy) is 1. The van der Waals surface area contributed by atoms with Gasteiger partial charge in [-0.2, -0.15) is 0 Å². The van der Waals surface area contributed by atoms with Crippen molar-refractivity contribution in [2.45, 2.75) is 6.92 Å². The van der Waals surface area contributed by atoms with E-state index in [-0.39, 0.29) is 22.6 Å². The van der Waals surface area contributed by atoms with Crippen LogP contribution < -0.4 is 10.9 Å². The molecule has 2 aromatic carbocycles. The van der Waals surface area contributed by atoms with Crippen LogP contribution in [0.2, 0.25) is 0 Å². The van der Waals surface area contributed by atoms with Gasteiger partial charge in [0, 0.05) is 17.7 Å². The van der Waals surface area contributed by atoms with E-state index in [1.807, 2.05) is 5.43 Å². The first-order valence-electron chi connectivity index (χ1n) is 7.58. The number of phenols is 1. The number of esters is 1. The predicted octanol–water partition coefficient (Wildman–Crippen LogP) is 1.23. The summed E-state index contributed by atoms with van der Waals surface area (Å²) in [6, 6.07) is 9.08. The second-order valence-electron chi connectivity index (χ2n) is 5.40. The van der Waals surface area contributed by atoms with E-state index in [0.717, 1.165) is 17.7 Å². The van der Waals surface area contributed by atoms with Crippen LogP contribution in [0.3, 0.4) is 0 Å². The van der Waals surface area contributed by atoms with Gasteiger partial charge in [-0.25, -0.2) is 4.79 Å². The summed E-state index contributed by atoms with van der Waals surface area (Å²) >= 11 is 0. The summed E-state index contributed by atoms with van der Waals surface area (Å²) in [5, 5.41) is 20.2. The van der Waals surface area contributed by atoms with E-state index in [2.05, 4.69) is 5.43 Å². The lowest BCUT2D eigenvalue weighted by Gasteiger charge is -2.09. The Morgan fingerprint density at radius 2 is 1.78 bits per heavy atom. The number of rotatable bonds is 5. The highest BCUT2D eigenvalue weighted by Crippen LogP contribution is 2.19. The SMILES string of the molecule is Cc1ccc(O)c(C(=O)OCC(=O)NNC(=O)c2ccc([N+](=O)[O-])cc2)c1. The molecular weight excluding hydrogens is 358 g/mol. The minimum absolute atomic E-state index is 0.0854. The fraction of sp³-hybridized carbons (Fsp3) is 0.118. The molecule has 0 atom stereocenters. The first-order valence-corrected chi connectivity index (χ1v) is 7.58. The summed E-state index contributed by atoms with van der Waals surface area (Å²) in [6.07, 6.45) is 0. The maximum Gasteiger partial charge on any atom is 0.342 e. The molecule has 0 aliphatic carbocycles. The predicted molar refractivity (Wildman–Crippen MR) is 91.8 cm³/mol. The number of nitro benzene ring substituents is 1. The summed E-state index contributed by atoms with van der Waals surface area (Å²) < 4.78 is 4.77. The zero-order valence-corrected chi connectivity index (χ0v) is 14.1. The van der Waals surface area contributed by atoms with Gasteiger partial charge >= 0.3 is 5.97 Å². The second-order valence-corrected chi connectivity index (χ2v) is 5.40. The van der Waals surface area contributed by atoms with Gasteiger partial charge in [0.2, 0.25) is 0 Å². The maximum atomic E-state index is 11.9. The molecule has 10 heteroatoms. The Morgan fingerprint density at radius 3 is 2.41 bits per heavy atom. The Balaban J connectivity index is 1.83. The number of nitrogens with one attached hydrogen (secondary N) is 2. The van der Waals surface area contributed by atoms with Crippen LogP contribution in [0, 0.1) is 17.0 Å². The number of amides is 2. The number of aromatic hydroxyl groups is 1. The number of hydrazine groups is 1. The summed E-state index contributed by atoms with van der Waals surface area (Å²) in [5.74, 6) is -2.70. The molecule has 27 heavy (non-hydrogen) atoms. The Labute approximate surface area is 152 Å². The van der Waals surface area contributed by atoms with Crippen LogP contribution in [0.4, 0.5) is 5.69 Å². The maximum absolute atomic E-state index is 11.9. The summed E-state index contributed by atoms with van der Waals surface area (Å²) in [7, 11) is 0. The minimum Gasteiger partial charge on any atom is -0.507 e. The van der Waals surface area contributed by atoms with E-state index in [4.69, 9.17) is 4.74 Å². The fourth-order valence-corrected chi connectivity index (χ4v) is 1.99. The van der Waals surface area contributed by atoms with E-state index in [9.17, 15) is 29.6 Å². The molecule has 0 spiro atoms. The van der Waals surface area contributed by atoms with Crippen molar-refractivity contribution < 1.29 is 29.2 Å². The average molecular weight is 373 g/mol. The molecule has 10 nitrogen and oxygen atoms in total. The highest BCUT2D eigenvalue weighted by molar-refractivity contribution is 5.96. The van der Waals surface area contributed by atoms with Gasteiger partial charge in [0.05, 0.1) is 4.92 Å². The van der Waals surface area contributed by atoms with Crippen molar-refractivity contribution in [3.8, 4) is 5.75 Å². The number of nitro groups is 1. The lowest BCUT2D eigenvalue weighted by Crippen LogP contribution is -2.43. The van der Waals surface area contributed by atoms with Crippen LogP contribution >= 0.6 is 0 Å². The molecule has 2 amide bonds. The van der Waals surface area contributed by atoms with Crippen LogP contribution in [0.25, 0.3) is 0 Å². The molecule has 0 bridgehead atoms. The van der Waals surface area contributed by atoms with Crippen molar-refractivity contribution >= 4 is 23.5 Å². The molecule has 0 saturated heterocycles. The number of benzene rings is 2.